The van der Waals surface area contributed by atoms with Crippen molar-refractivity contribution in [2.75, 3.05) is 6.54 Å². The van der Waals surface area contributed by atoms with Crippen molar-refractivity contribution in [2.24, 2.45) is 22.5 Å². The van der Waals surface area contributed by atoms with E-state index in [-0.39, 0.29) is 22.6 Å². The molecule has 0 bridgehead atoms. The number of carbonyl (C=O) groups excluding carboxylic acids is 5. The fraction of sp³-hybridized carbons (Fsp3) is 0.656. The molecule has 4 atom stereocenters. The lowest BCUT2D eigenvalue weighted by molar-refractivity contribution is -0.143. The van der Waals surface area contributed by atoms with E-state index in [4.69, 9.17) is 5.73 Å². The number of nitrogens with two attached hydrogens (primary N) is 1. The summed E-state index contributed by atoms with van der Waals surface area (Å²) in [7, 11) is 0. The first-order valence-electron chi connectivity index (χ1n) is 15.2. The molecular weight excluding hydrogens is 566 g/mol. The van der Waals surface area contributed by atoms with Crippen molar-refractivity contribution in [3.63, 3.8) is 0 Å². The molecule has 3 rings (SSSR count). The molecule has 5 amide bonds. The number of urea groups is 1. The van der Waals surface area contributed by atoms with Crippen molar-refractivity contribution >= 4 is 41.3 Å². The Balaban J connectivity index is 1.70. The van der Waals surface area contributed by atoms with Gasteiger partial charge in [0.2, 0.25) is 17.6 Å². The van der Waals surface area contributed by atoms with E-state index < -0.39 is 47.2 Å². The lowest BCUT2D eigenvalue weighted by Gasteiger charge is -2.37. The van der Waals surface area contributed by atoms with Crippen LogP contribution in [0, 0.1) is 16.7 Å². The van der Waals surface area contributed by atoms with Crippen LogP contribution in [-0.2, 0) is 24.9 Å². The first kappa shape index (κ1) is 34.4. The Morgan fingerprint density at radius 2 is 1.56 bits per heavy atom. The highest BCUT2D eigenvalue weighted by Crippen LogP contribution is 2.32. The number of thioether (sulfide) groups is 1. The summed E-state index contributed by atoms with van der Waals surface area (Å²) < 4.78 is 0. The molecule has 1 saturated heterocycles. The summed E-state index contributed by atoms with van der Waals surface area (Å²) >= 11 is 1.62. The topological polar surface area (TPSA) is 151 Å². The molecule has 0 spiro atoms. The highest BCUT2D eigenvalue weighted by molar-refractivity contribution is 7.99. The van der Waals surface area contributed by atoms with Crippen LogP contribution in [0.4, 0.5) is 4.79 Å². The summed E-state index contributed by atoms with van der Waals surface area (Å²) in [6.45, 7) is 12.1. The van der Waals surface area contributed by atoms with Gasteiger partial charge in [-0.2, -0.15) is 0 Å². The Kier molecular flexibility index (Phi) is 11.7. The van der Waals surface area contributed by atoms with Gasteiger partial charge in [-0.15, -0.1) is 11.8 Å². The molecule has 1 aliphatic heterocycles. The SMILES string of the molecule is CC(C)(C)C(NC(=O)NC(C(=O)N1CCC[C@H]1C(=O)NC(CC1CCC1)C(=O)C(N)=O)C(C)(C)C)SCc1ccccc1. The Morgan fingerprint density at radius 3 is 2.09 bits per heavy atom. The van der Waals surface area contributed by atoms with Gasteiger partial charge in [-0.25, -0.2) is 4.79 Å². The van der Waals surface area contributed by atoms with Crippen molar-refractivity contribution in [1.82, 2.24) is 20.9 Å². The summed E-state index contributed by atoms with van der Waals surface area (Å²) in [5, 5.41) is 8.47. The number of ketones is 1. The largest absolute Gasteiger partial charge is 0.363 e. The molecule has 1 saturated carbocycles. The van der Waals surface area contributed by atoms with Crippen LogP contribution in [0.2, 0.25) is 0 Å². The van der Waals surface area contributed by atoms with Crippen LogP contribution < -0.4 is 21.7 Å². The van der Waals surface area contributed by atoms with Gasteiger partial charge in [-0.3, -0.25) is 19.2 Å². The molecular formula is C32H49N5O5S. The number of Topliss-reactive ketones (excluding diaryl/α,β-unsaturated/α-hetero) is 1. The maximum Gasteiger partial charge on any atom is 0.316 e. The van der Waals surface area contributed by atoms with Gasteiger partial charge < -0.3 is 26.6 Å². The minimum Gasteiger partial charge on any atom is -0.363 e. The molecule has 11 heteroatoms. The van der Waals surface area contributed by atoms with E-state index in [1.54, 1.807) is 11.8 Å². The molecule has 0 radical (unpaired) electrons. The van der Waals surface area contributed by atoms with Gasteiger partial charge >= 0.3 is 6.03 Å². The first-order valence-corrected chi connectivity index (χ1v) is 16.3. The number of benzene rings is 1. The van der Waals surface area contributed by atoms with E-state index in [9.17, 15) is 24.0 Å². The van der Waals surface area contributed by atoms with Crippen LogP contribution >= 0.6 is 11.8 Å². The van der Waals surface area contributed by atoms with Gasteiger partial charge in [0.15, 0.2) is 0 Å². The number of hydrogen-bond donors (Lipinski definition) is 4. The molecule has 1 aromatic carbocycles. The Morgan fingerprint density at radius 1 is 0.907 bits per heavy atom. The minimum atomic E-state index is -1.08. The molecule has 43 heavy (non-hydrogen) atoms. The zero-order valence-electron chi connectivity index (χ0n) is 26.4. The van der Waals surface area contributed by atoms with Gasteiger partial charge in [-0.1, -0.05) is 91.1 Å². The molecule has 3 unspecified atom stereocenters. The average molecular weight is 616 g/mol. The normalized spacial score (nSPS) is 19.5. The zero-order valence-corrected chi connectivity index (χ0v) is 27.2. The van der Waals surface area contributed by atoms with Gasteiger partial charge in [0.25, 0.3) is 5.91 Å². The third-order valence-electron chi connectivity index (χ3n) is 8.20. The highest BCUT2D eigenvalue weighted by atomic mass is 32.2. The van der Waals surface area contributed by atoms with Crippen LogP contribution in [0.1, 0.15) is 85.6 Å². The third kappa shape index (κ3) is 9.71. The second kappa shape index (κ2) is 14.6. The Hall–Kier alpha value is -3.08. The van der Waals surface area contributed by atoms with Gasteiger partial charge in [0, 0.05) is 12.3 Å². The van der Waals surface area contributed by atoms with Crippen molar-refractivity contribution in [3.05, 3.63) is 35.9 Å². The second-order valence-electron chi connectivity index (χ2n) is 14.0. The lowest BCUT2D eigenvalue weighted by Crippen LogP contribution is -2.61. The molecule has 1 aromatic rings. The molecule has 2 aliphatic rings. The highest BCUT2D eigenvalue weighted by Gasteiger charge is 2.43. The maximum absolute atomic E-state index is 14.0. The second-order valence-corrected chi connectivity index (χ2v) is 15.1. The zero-order chi connectivity index (χ0) is 31.9. The van der Waals surface area contributed by atoms with Gasteiger partial charge in [0.1, 0.15) is 12.1 Å². The average Bonchev–Trinajstić information content (AvgIpc) is 3.39. The fourth-order valence-electron chi connectivity index (χ4n) is 5.40. The van der Waals surface area contributed by atoms with E-state index in [2.05, 4.69) is 36.7 Å². The van der Waals surface area contributed by atoms with E-state index in [0.717, 1.165) is 30.6 Å². The van der Waals surface area contributed by atoms with Gasteiger partial charge in [-0.05, 0) is 41.6 Å². The predicted molar refractivity (Wildman–Crippen MR) is 169 cm³/mol. The number of carbonyl (C=O) groups is 5. The van der Waals surface area contributed by atoms with Crippen LogP contribution in [0.25, 0.3) is 0 Å². The maximum atomic E-state index is 14.0. The number of nitrogens with zero attached hydrogens (tertiary/aromatic N) is 1. The smallest absolute Gasteiger partial charge is 0.316 e. The molecule has 238 valence electrons. The van der Waals surface area contributed by atoms with Gasteiger partial charge in [0.05, 0.1) is 11.4 Å². The van der Waals surface area contributed by atoms with Crippen LogP contribution in [0.3, 0.4) is 0 Å². The number of hydrogen-bond acceptors (Lipinski definition) is 6. The summed E-state index contributed by atoms with van der Waals surface area (Å²) in [6, 6.07) is 6.85. The third-order valence-corrected chi connectivity index (χ3v) is 9.86. The van der Waals surface area contributed by atoms with Crippen molar-refractivity contribution in [3.8, 4) is 0 Å². The van der Waals surface area contributed by atoms with E-state index in [0.29, 0.717) is 25.8 Å². The molecule has 0 aromatic heterocycles. The molecule has 1 heterocycles. The number of amides is 5. The van der Waals surface area contributed by atoms with Crippen molar-refractivity contribution < 1.29 is 24.0 Å². The summed E-state index contributed by atoms with van der Waals surface area (Å²) in [4.78, 5) is 66.4. The fourth-order valence-corrected chi connectivity index (χ4v) is 6.65. The minimum absolute atomic E-state index is 0.232. The van der Waals surface area contributed by atoms with Crippen LogP contribution in [0.5, 0.6) is 0 Å². The Labute approximate surface area is 260 Å². The summed E-state index contributed by atoms with van der Waals surface area (Å²) in [6.07, 6.45) is 4.31. The van der Waals surface area contributed by atoms with Crippen molar-refractivity contribution in [1.29, 1.82) is 0 Å². The summed E-state index contributed by atoms with van der Waals surface area (Å²) in [5.74, 6) is -1.77. The quantitative estimate of drug-likeness (QED) is 0.208. The van der Waals surface area contributed by atoms with Crippen LogP contribution in [-0.4, -0.2) is 64.5 Å². The monoisotopic (exact) mass is 615 g/mol. The molecule has 2 fully saturated rings. The number of primary amides is 1. The number of rotatable bonds is 12. The lowest BCUT2D eigenvalue weighted by atomic mass is 9.80. The van der Waals surface area contributed by atoms with E-state index in [1.807, 2.05) is 51.1 Å². The summed E-state index contributed by atoms with van der Waals surface area (Å²) in [5.41, 5.74) is 5.51. The predicted octanol–water partition coefficient (Wildman–Crippen LogP) is 3.73. The standard InChI is InChI=1S/C32H49N5O5S/c1-31(2,3)25(35-30(42)36-29(32(4,5)6)43-19-21-12-8-7-9-13-21)28(41)37-17-11-16-23(37)27(40)34-22(24(38)26(33)39)18-20-14-10-15-20/h7-9,12-13,20,22-23,25,29H,10-11,14-19H2,1-6H3,(H2,33,39)(H,34,40)(H2,35,36,42)/t22?,23-,25?,29?/m0/s1. The Bertz CT molecular complexity index is 1160. The van der Waals surface area contributed by atoms with E-state index >= 15 is 0 Å². The van der Waals surface area contributed by atoms with Crippen LogP contribution in [0.15, 0.2) is 30.3 Å². The van der Waals surface area contributed by atoms with E-state index in [1.165, 1.54) is 4.90 Å². The molecule has 10 nitrogen and oxygen atoms in total. The number of nitrogens with one attached hydrogen (secondary N) is 3. The number of likely N-dealkylation sites (tertiary alicyclic amines) is 1. The molecule has 5 N–H and O–H groups in total. The first-order chi connectivity index (χ1) is 20.1. The molecule has 1 aliphatic carbocycles. The van der Waals surface area contributed by atoms with Crippen molar-refractivity contribution in [2.45, 2.75) is 109 Å².